The number of aryl methyl sites for hydroxylation is 1. The molecule has 2 aromatic carbocycles. The summed E-state index contributed by atoms with van der Waals surface area (Å²) in [4.78, 5) is 13.9. The lowest BCUT2D eigenvalue weighted by atomic mass is 10.1. The van der Waals surface area contributed by atoms with Crippen molar-refractivity contribution in [1.82, 2.24) is 15.0 Å². The van der Waals surface area contributed by atoms with E-state index in [4.69, 9.17) is 24.2 Å². The minimum atomic E-state index is 0.367. The average Bonchev–Trinajstić information content (AvgIpc) is 3.41. The number of rotatable bonds is 10. The standard InChI is InChI=1S/C25H22N4O3S3/c1-30-19-13-17(14-20(31-2)22(19)32-3)21-18(15-26)23(35-25-27-10-12-34-25)29-24(28-21)33-11-9-16-7-5-4-6-8-16/h4-8,10,12-14H,9,11H2,1-3H3. The average molecular weight is 523 g/mol. The Morgan fingerprint density at radius 3 is 2.34 bits per heavy atom. The molecule has 0 aliphatic rings. The molecule has 0 spiro atoms. The van der Waals surface area contributed by atoms with E-state index in [0.717, 1.165) is 16.5 Å². The molecule has 0 fully saturated rings. The van der Waals surface area contributed by atoms with Crippen LogP contribution in [-0.2, 0) is 6.42 Å². The van der Waals surface area contributed by atoms with Crippen LogP contribution in [0.2, 0.25) is 0 Å². The Hall–Kier alpha value is -3.26. The molecule has 0 amide bonds. The van der Waals surface area contributed by atoms with E-state index in [1.165, 1.54) is 28.7 Å². The van der Waals surface area contributed by atoms with E-state index < -0.39 is 0 Å². The monoisotopic (exact) mass is 522 g/mol. The van der Waals surface area contributed by atoms with Gasteiger partial charge < -0.3 is 14.2 Å². The van der Waals surface area contributed by atoms with E-state index in [0.29, 0.717) is 44.3 Å². The van der Waals surface area contributed by atoms with Crippen molar-refractivity contribution in [1.29, 1.82) is 5.26 Å². The second kappa shape index (κ2) is 11.9. The Morgan fingerprint density at radius 2 is 1.74 bits per heavy atom. The topological polar surface area (TPSA) is 90.2 Å². The van der Waals surface area contributed by atoms with Gasteiger partial charge in [-0.05, 0) is 35.9 Å². The maximum atomic E-state index is 10.1. The predicted molar refractivity (Wildman–Crippen MR) is 139 cm³/mol. The van der Waals surface area contributed by atoms with E-state index in [-0.39, 0.29) is 0 Å². The molecule has 2 heterocycles. The first-order chi connectivity index (χ1) is 17.2. The Morgan fingerprint density at radius 1 is 1.00 bits per heavy atom. The second-order valence-corrected chi connectivity index (χ2v) is 10.2. The fourth-order valence-corrected chi connectivity index (χ4v) is 5.84. The molecule has 0 saturated carbocycles. The zero-order valence-corrected chi connectivity index (χ0v) is 21.8. The Labute approximate surface area is 216 Å². The zero-order chi connectivity index (χ0) is 24.6. The molecule has 0 unspecified atom stereocenters. The summed E-state index contributed by atoms with van der Waals surface area (Å²) >= 11 is 4.40. The first-order valence-electron chi connectivity index (χ1n) is 10.5. The van der Waals surface area contributed by atoms with Gasteiger partial charge in [-0.1, -0.05) is 42.1 Å². The van der Waals surface area contributed by atoms with Crippen LogP contribution in [0.15, 0.2) is 68.6 Å². The van der Waals surface area contributed by atoms with Crippen LogP contribution < -0.4 is 14.2 Å². The maximum Gasteiger partial charge on any atom is 0.203 e. The minimum absolute atomic E-state index is 0.367. The van der Waals surface area contributed by atoms with Gasteiger partial charge in [0.05, 0.1) is 27.0 Å². The highest BCUT2D eigenvalue weighted by Gasteiger charge is 2.22. The van der Waals surface area contributed by atoms with Crippen molar-refractivity contribution in [3.63, 3.8) is 0 Å². The molecule has 0 aliphatic carbocycles. The lowest BCUT2D eigenvalue weighted by molar-refractivity contribution is 0.324. The smallest absolute Gasteiger partial charge is 0.203 e. The van der Waals surface area contributed by atoms with Crippen molar-refractivity contribution >= 4 is 34.9 Å². The summed E-state index contributed by atoms with van der Waals surface area (Å²) in [7, 11) is 4.66. The van der Waals surface area contributed by atoms with Crippen LogP contribution in [-0.4, -0.2) is 42.0 Å². The normalized spacial score (nSPS) is 10.6. The van der Waals surface area contributed by atoms with E-state index in [1.54, 1.807) is 51.4 Å². The number of methoxy groups -OCH3 is 3. The van der Waals surface area contributed by atoms with Gasteiger partial charge in [-0.2, -0.15) is 5.26 Å². The van der Waals surface area contributed by atoms with Gasteiger partial charge in [0.15, 0.2) is 21.0 Å². The predicted octanol–water partition coefficient (Wildman–Crippen LogP) is 5.98. The van der Waals surface area contributed by atoms with Crippen molar-refractivity contribution in [3.05, 3.63) is 65.2 Å². The molecule has 0 atom stereocenters. The first kappa shape index (κ1) is 24.9. The number of nitriles is 1. The SMILES string of the molecule is COc1cc(-c2nc(SCCc3ccccc3)nc(Sc3nccs3)c2C#N)cc(OC)c1OC. The summed E-state index contributed by atoms with van der Waals surface area (Å²) in [5.41, 5.74) is 2.79. The quantitative estimate of drug-likeness (QED) is 0.142. The molecule has 2 aromatic heterocycles. The van der Waals surface area contributed by atoms with Gasteiger partial charge in [0, 0.05) is 22.9 Å². The van der Waals surface area contributed by atoms with Crippen LogP contribution in [0.25, 0.3) is 11.3 Å². The largest absolute Gasteiger partial charge is 0.493 e. The maximum absolute atomic E-state index is 10.1. The van der Waals surface area contributed by atoms with Crippen molar-refractivity contribution in [2.45, 2.75) is 20.9 Å². The lowest BCUT2D eigenvalue weighted by Crippen LogP contribution is -2.02. The fraction of sp³-hybridized carbons (Fsp3) is 0.200. The summed E-state index contributed by atoms with van der Waals surface area (Å²) in [5.74, 6) is 2.24. The Kier molecular flexibility index (Phi) is 8.47. The Balaban J connectivity index is 1.77. The summed E-state index contributed by atoms with van der Waals surface area (Å²) in [5, 5.41) is 13.1. The second-order valence-electron chi connectivity index (χ2n) is 7.04. The van der Waals surface area contributed by atoms with Gasteiger partial charge in [-0.25, -0.2) is 15.0 Å². The number of thiazole rings is 1. The molecule has 7 nitrogen and oxygen atoms in total. The molecule has 178 valence electrons. The van der Waals surface area contributed by atoms with Crippen molar-refractivity contribution < 1.29 is 14.2 Å². The molecule has 0 N–H and O–H groups in total. The number of hydrogen-bond acceptors (Lipinski definition) is 10. The molecule has 0 saturated heterocycles. The van der Waals surface area contributed by atoms with Crippen molar-refractivity contribution in [2.24, 2.45) is 0 Å². The van der Waals surface area contributed by atoms with E-state index in [1.807, 2.05) is 23.6 Å². The third-order valence-corrected chi connectivity index (χ3v) is 7.68. The van der Waals surface area contributed by atoms with Crippen molar-refractivity contribution in [3.8, 4) is 34.6 Å². The molecular formula is C25H22N4O3S3. The minimum Gasteiger partial charge on any atom is -0.493 e. The number of hydrogen-bond donors (Lipinski definition) is 0. The van der Waals surface area contributed by atoms with Gasteiger partial charge in [0.2, 0.25) is 5.75 Å². The molecule has 4 aromatic rings. The van der Waals surface area contributed by atoms with Crippen LogP contribution in [0.4, 0.5) is 0 Å². The van der Waals surface area contributed by atoms with Crippen LogP contribution in [0.1, 0.15) is 11.1 Å². The van der Waals surface area contributed by atoms with Crippen LogP contribution in [0.3, 0.4) is 0 Å². The molecule has 10 heteroatoms. The summed E-state index contributed by atoms with van der Waals surface area (Å²) in [6.07, 6.45) is 2.61. The van der Waals surface area contributed by atoms with Gasteiger partial charge in [-0.3, -0.25) is 0 Å². The molecule has 4 rings (SSSR count). The van der Waals surface area contributed by atoms with Crippen LogP contribution >= 0.6 is 34.9 Å². The van der Waals surface area contributed by atoms with Crippen LogP contribution in [0, 0.1) is 11.3 Å². The third kappa shape index (κ3) is 5.88. The van der Waals surface area contributed by atoms with Gasteiger partial charge in [-0.15, -0.1) is 11.3 Å². The zero-order valence-electron chi connectivity index (χ0n) is 19.3. The molecule has 0 bridgehead atoms. The van der Waals surface area contributed by atoms with Gasteiger partial charge in [0.25, 0.3) is 0 Å². The van der Waals surface area contributed by atoms with E-state index >= 15 is 0 Å². The highest BCUT2D eigenvalue weighted by Crippen LogP contribution is 2.43. The number of thioether (sulfide) groups is 1. The van der Waals surface area contributed by atoms with E-state index in [9.17, 15) is 5.26 Å². The van der Waals surface area contributed by atoms with Gasteiger partial charge >= 0.3 is 0 Å². The lowest BCUT2D eigenvalue weighted by Gasteiger charge is -2.15. The highest BCUT2D eigenvalue weighted by atomic mass is 32.2. The fourth-order valence-electron chi connectivity index (χ4n) is 3.33. The third-order valence-electron chi connectivity index (χ3n) is 4.96. The molecule has 0 aliphatic heterocycles. The summed E-state index contributed by atoms with van der Waals surface area (Å²) in [6, 6.07) is 16.2. The molecule has 0 radical (unpaired) electrons. The number of benzene rings is 2. The number of ether oxygens (including phenoxy) is 3. The highest BCUT2D eigenvalue weighted by molar-refractivity contribution is 8.01. The Bertz CT molecular complexity index is 1300. The van der Waals surface area contributed by atoms with E-state index in [2.05, 4.69) is 23.2 Å². The number of aromatic nitrogens is 3. The summed E-state index contributed by atoms with van der Waals surface area (Å²) < 4.78 is 17.3. The first-order valence-corrected chi connectivity index (χ1v) is 13.2. The number of nitrogens with zero attached hydrogens (tertiary/aromatic N) is 4. The van der Waals surface area contributed by atoms with Gasteiger partial charge in [0.1, 0.15) is 16.7 Å². The van der Waals surface area contributed by atoms with Crippen LogP contribution in [0.5, 0.6) is 17.2 Å². The molecule has 35 heavy (non-hydrogen) atoms. The van der Waals surface area contributed by atoms with Crippen molar-refractivity contribution in [2.75, 3.05) is 27.1 Å². The molecular weight excluding hydrogens is 501 g/mol. The summed E-state index contributed by atoms with van der Waals surface area (Å²) in [6.45, 7) is 0.